The molecule has 3 amide bonds. The summed E-state index contributed by atoms with van der Waals surface area (Å²) in [6.07, 6.45) is 2.41. The van der Waals surface area contributed by atoms with Crippen LogP contribution in [0.5, 0.6) is 5.75 Å². The molecule has 1 aliphatic heterocycles. The molecule has 32 heavy (non-hydrogen) atoms. The number of aromatic nitrogens is 1. The summed E-state index contributed by atoms with van der Waals surface area (Å²) in [6.45, 7) is 2.61. The first-order valence-corrected chi connectivity index (χ1v) is 11.1. The van der Waals surface area contributed by atoms with Crippen LogP contribution in [0.15, 0.2) is 47.1 Å². The Bertz CT molecular complexity index is 1210. The van der Waals surface area contributed by atoms with Crippen LogP contribution in [0, 0.1) is 0 Å². The number of fused-ring (bicyclic) bond motifs is 2. The quantitative estimate of drug-likeness (QED) is 0.454. The smallest absolute Gasteiger partial charge is 0.310 e. The predicted molar refractivity (Wildman–Crippen MR) is 125 cm³/mol. The average Bonchev–Trinajstić information content (AvgIpc) is 3.31. The summed E-state index contributed by atoms with van der Waals surface area (Å²) in [5.74, 6) is -1.12. The van der Waals surface area contributed by atoms with Crippen LogP contribution in [-0.2, 0) is 20.8 Å². The minimum Gasteiger partial charge on any atom is -0.497 e. The van der Waals surface area contributed by atoms with E-state index in [1.54, 1.807) is 18.1 Å². The molecule has 8 nitrogen and oxygen atoms in total. The van der Waals surface area contributed by atoms with Crippen LogP contribution in [0.1, 0.15) is 24.1 Å². The minimum atomic E-state index is -0.887. The summed E-state index contributed by atoms with van der Waals surface area (Å²) in [5.41, 5.74) is 3.37. The predicted octanol–water partition coefficient (Wildman–Crippen LogP) is 2.82. The van der Waals surface area contributed by atoms with Crippen LogP contribution < -0.4 is 20.3 Å². The normalized spacial score (nSPS) is 15.0. The Morgan fingerprint density at radius 2 is 2.00 bits per heavy atom. The molecule has 0 fully saturated rings. The van der Waals surface area contributed by atoms with Crippen molar-refractivity contribution in [3.05, 3.63) is 58.2 Å². The van der Waals surface area contributed by atoms with Crippen LogP contribution in [0.2, 0.25) is 0 Å². The molecular weight excluding hydrogens is 476 g/mol. The molecule has 1 atom stereocenters. The van der Waals surface area contributed by atoms with Gasteiger partial charge in [-0.15, -0.1) is 0 Å². The zero-order valence-corrected chi connectivity index (χ0v) is 19.3. The van der Waals surface area contributed by atoms with Gasteiger partial charge in [-0.05, 0) is 55.3 Å². The Hall–Kier alpha value is -3.33. The van der Waals surface area contributed by atoms with Gasteiger partial charge >= 0.3 is 11.8 Å². The summed E-state index contributed by atoms with van der Waals surface area (Å²) in [7, 11) is 1.61. The summed E-state index contributed by atoms with van der Waals surface area (Å²) in [5, 5.41) is 6.21. The van der Waals surface area contributed by atoms with Crippen LogP contribution in [0.3, 0.4) is 0 Å². The highest BCUT2D eigenvalue weighted by molar-refractivity contribution is 9.10. The molecular formula is C23H23BrN4O4. The number of likely N-dealkylation sites (N-methyl/N-ethyl adjacent to an activating group) is 1. The van der Waals surface area contributed by atoms with Crippen molar-refractivity contribution in [2.75, 3.05) is 25.1 Å². The first-order chi connectivity index (χ1) is 15.4. The zero-order valence-electron chi connectivity index (χ0n) is 17.7. The molecule has 9 heteroatoms. The first kappa shape index (κ1) is 21.9. The number of rotatable bonds is 6. The standard InChI is InChI=1S/C23H23BrN4O4/c1-3-28-19-7-4-14(24)10-17(19)20(23(28)31)27-22(30)21(29)25-9-8-13-12-26-18-6-5-15(32-2)11-16(13)18/h4-7,10-12,20,26H,3,8-9H2,1-2H3,(H,25,29)(H,27,30)/t20-/m0/s1. The third kappa shape index (κ3) is 4.08. The van der Waals surface area contributed by atoms with E-state index in [1.807, 2.05) is 43.5 Å². The molecule has 0 unspecified atom stereocenters. The van der Waals surface area contributed by atoms with E-state index in [0.29, 0.717) is 18.5 Å². The van der Waals surface area contributed by atoms with Crippen molar-refractivity contribution in [3.8, 4) is 5.75 Å². The van der Waals surface area contributed by atoms with Gasteiger partial charge in [0.15, 0.2) is 0 Å². The number of ether oxygens (including phenoxy) is 1. The summed E-state index contributed by atoms with van der Waals surface area (Å²) >= 11 is 3.40. The van der Waals surface area contributed by atoms with Crippen molar-refractivity contribution in [1.82, 2.24) is 15.6 Å². The van der Waals surface area contributed by atoms with E-state index in [4.69, 9.17) is 4.74 Å². The lowest BCUT2D eigenvalue weighted by molar-refractivity contribution is -0.140. The Labute approximate surface area is 193 Å². The molecule has 0 spiro atoms. The van der Waals surface area contributed by atoms with Crippen molar-refractivity contribution in [2.45, 2.75) is 19.4 Å². The van der Waals surface area contributed by atoms with E-state index < -0.39 is 17.9 Å². The number of aromatic amines is 1. The highest BCUT2D eigenvalue weighted by Gasteiger charge is 2.38. The van der Waals surface area contributed by atoms with Crippen molar-refractivity contribution in [1.29, 1.82) is 0 Å². The Balaban J connectivity index is 1.38. The molecule has 3 aromatic rings. The SMILES string of the molecule is CCN1C(=O)[C@@H](NC(=O)C(=O)NCCc2c[nH]c3ccc(OC)cc23)c2cc(Br)ccc21. The monoisotopic (exact) mass is 498 g/mol. The molecule has 3 N–H and O–H groups in total. The van der Waals surface area contributed by atoms with E-state index in [-0.39, 0.29) is 12.5 Å². The van der Waals surface area contributed by atoms with E-state index >= 15 is 0 Å². The number of methoxy groups -OCH3 is 1. The van der Waals surface area contributed by atoms with Gasteiger partial charge in [0, 0.05) is 45.9 Å². The number of anilines is 1. The Morgan fingerprint density at radius 1 is 1.19 bits per heavy atom. The fourth-order valence-electron chi connectivity index (χ4n) is 3.95. The maximum atomic E-state index is 12.8. The van der Waals surface area contributed by atoms with Crippen LogP contribution in [0.4, 0.5) is 5.69 Å². The largest absolute Gasteiger partial charge is 0.497 e. The van der Waals surface area contributed by atoms with E-state index in [1.165, 1.54) is 0 Å². The third-order valence-corrected chi connectivity index (χ3v) is 6.05. The average molecular weight is 499 g/mol. The lowest BCUT2D eigenvalue weighted by Crippen LogP contribution is -2.44. The van der Waals surface area contributed by atoms with Crippen molar-refractivity contribution in [3.63, 3.8) is 0 Å². The molecule has 2 heterocycles. The van der Waals surface area contributed by atoms with Gasteiger partial charge in [-0.25, -0.2) is 0 Å². The van der Waals surface area contributed by atoms with E-state index in [2.05, 4.69) is 31.5 Å². The summed E-state index contributed by atoms with van der Waals surface area (Å²) in [4.78, 5) is 42.4. The number of nitrogens with zero attached hydrogens (tertiary/aromatic N) is 1. The highest BCUT2D eigenvalue weighted by Crippen LogP contribution is 2.37. The molecule has 0 bridgehead atoms. The number of hydrogen-bond acceptors (Lipinski definition) is 4. The number of hydrogen-bond donors (Lipinski definition) is 3. The number of carbonyl (C=O) groups excluding carboxylic acids is 3. The lowest BCUT2D eigenvalue weighted by atomic mass is 10.1. The van der Waals surface area contributed by atoms with Gasteiger partial charge in [0.1, 0.15) is 11.8 Å². The second kappa shape index (κ2) is 9.04. The number of carbonyl (C=O) groups is 3. The molecule has 2 aromatic carbocycles. The number of amides is 3. The number of halogens is 1. The van der Waals surface area contributed by atoms with Crippen molar-refractivity contribution >= 4 is 50.2 Å². The molecule has 1 aliphatic rings. The minimum absolute atomic E-state index is 0.255. The molecule has 1 aromatic heterocycles. The molecule has 166 valence electrons. The number of nitrogens with one attached hydrogen (secondary N) is 3. The fraction of sp³-hybridized carbons (Fsp3) is 0.261. The van der Waals surface area contributed by atoms with Gasteiger partial charge in [-0.2, -0.15) is 0 Å². The summed E-state index contributed by atoms with van der Waals surface area (Å²) < 4.78 is 6.06. The summed E-state index contributed by atoms with van der Waals surface area (Å²) in [6, 6.07) is 10.3. The topological polar surface area (TPSA) is 104 Å². The number of benzene rings is 2. The highest BCUT2D eigenvalue weighted by atomic mass is 79.9. The van der Waals surface area contributed by atoms with Gasteiger partial charge < -0.3 is 25.3 Å². The molecule has 0 radical (unpaired) electrons. The molecule has 0 aliphatic carbocycles. The molecule has 0 saturated heterocycles. The lowest BCUT2D eigenvalue weighted by Gasteiger charge is -2.15. The second-order valence-corrected chi connectivity index (χ2v) is 8.34. The van der Waals surface area contributed by atoms with Crippen molar-refractivity contribution < 1.29 is 19.1 Å². The first-order valence-electron chi connectivity index (χ1n) is 10.3. The van der Waals surface area contributed by atoms with Gasteiger partial charge in [-0.1, -0.05) is 15.9 Å². The maximum absolute atomic E-state index is 12.8. The van der Waals surface area contributed by atoms with Gasteiger partial charge in [0.25, 0.3) is 5.91 Å². The molecule has 0 saturated carbocycles. The van der Waals surface area contributed by atoms with Crippen LogP contribution >= 0.6 is 15.9 Å². The fourth-order valence-corrected chi connectivity index (χ4v) is 4.33. The van der Waals surface area contributed by atoms with Gasteiger partial charge in [-0.3, -0.25) is 14.4 Å². The van der Waals surface area contributed by atoms with Crippen molar-refractivity contribution in [2.24, 2.45) is 0 Å². The van der Waals surface area contributed by atoms with Gasteiger partial charge in [0.2, 0.25) is 0 Å². The van der Waals surface area contributed by atoms with E-state index in [0.717, 1.165) is 32.4 Å². The number of H-pyrrole nitrogens is 1. The third-order valence-electron chi connectivity index (χ3n) is 5.56. The van der Waals surface area contributed by atoms with Gasteiger partial charge in [0.05, 0.1) is 7.11 Å². The Kier molecular flexibility index (Phi) is 6.18. The molecule has 4 rings (SSSR count). The zero-order chi connectivity index (χ0) is 22.8. The maximum Gasteiger partial charge on any atom is 0.310 e. The second-order valence-electron chi connectivity index (χ2n) is 7.42. The van der Waals surface area contributed by atoms with E-state index in [9.17, 15) is 14.4 Å². The van der Waals surface area contributed by atoms with Crippen LogP contribution in [-0.4, -0.2) is 42.9 Å². The Morgan fingerprint density at radius 3 is 2.75 bits per heavy atom. The van der Waals surface area contributed by atoms with Crippen LogP contribution in [0.25, 0.3) is 10.9 Å².